The number of hydrogen-bond donors (Lipinski definition) is 0. The van der Waals surface area contributed by atoms with Gasteiger partial charge in [0.2, 0.25) is 0 Å². The van der Waals surface area contributed by atoms with Gasteiger partial charge in [-0.2, -0.15) is 0 Å². The summed E-state index contributed by atoms with van der Waals surface area (Å²) in [6.07, 6.45) is 1.66. The van der Waals surface area contributed by atoms with Gasteiger partial charge >= 0.3 is 0 Å². The van der Waals surface area contributed by atoms with Crippen molar-refractivity contribution in [1.29, 1.82) is 0 Å². The first kappa shape index (κ1) is 7.42. The molecule has 1 aliphatic rings. The van der Waals surface area contributed by atoms with E-state index in [-0.39, 0.29) is 4.93 Å². The van der Waals surface area contributed by atoms with Crippen molar-refractivity contribution in [2.75, 3.05) is 5.75 Å². The van der Waals surface area contributed by atoms with Gasteiger partial charge in [0.15, 0.2) is 0 Å². The maximum absolute atomic E-state index is 5.64. The van der Waals surface area contributed by atoms with Crippen LogP contribution in [0.3, 0.4) is 0 Å². The monoisotopic (exact) mass is 146 g/mol. The molecule has 1 atom stereocenters. The zero-order valence-corrected chi connectivity index (χ0v) is 7.12. The van der Waals surface area contributed by atoms with Crippen LogP contribution in [0.2, 0.25) is 0 Å². The number of rotatable bonds is 0. The predicted octanol–water partition coefficient (Wildman–Crippen LogP) is 2.26. The van der Waals surface area contributed by atoms with Crippen molar-refractivity contribution in [1.82, 2.24) is 0 Å². The molecule has 0 N–H and O–H groups in total. The summed E-state index contributed by atoms with van der Waals surface area (Å²) in [4.78, 5) is 0.0671. The van der Waals surface area contributed by atoms with Gasteiger partial charge in [0.25, 0.3) is 0 Å². The first-order chi connectivity index (χ1) is 4.10. The maximum Gasteiger partial charge on any atom is 0.108 e. The highest BCUT2D eigenvalue weighted by Crippen LogP contribution is 2.33. The Hall–Kier alpha value is 0.310. The summed E-state index contributed by atoms with van der Waals surface area (Å²) < 4.78 is 5.64. The Kier molecular flexibility index (Phi) is 2.07. The molecule has 0 aromatic heterocycles. The summed E-state index contributed by atoms with van der Waals surface area (Å²) in [6, 6.07) is 0. The van der Waals surface area contributed by atoms with Crippen molar-refractivity contribution in [3.05, 3.63) is 0 Å². The minimum absolute atomic E-state index is 0.0671. The van der Waals surface area contributed by atoms with Crippen molar-refractivity contribution in [3.63, 3.8) is 0 Å². The fraction of sp³-hybridized carbons (Fsp3) is 1.00. The molecule has 0 radical (unpaired) electrons. The lowest BCUT2D eigenvalue weighted by molar-refractivity contribution is -0.0123. The summed E-state index contributed by atoms with van der Waals surface area (Å²) in [5.41, 5.74) is 0. The van der Waals surface area contributed by atoms with Crippen LogP contribution in [0.5, 0.6) is 0 Å². The van der Waals surface area contributed by atoms with Gasteiger partial charge in [-0.15, -0.1) is 11.8 Å². The molecular formula is C7H14OS. The second kappa shape index (κ2) is 2.51. The Morgan fingerprint density at radius 1 is 1.56 bits per heavy atom. The number of thioether (sulfide) groups is 1. The number of ether oxygens (including phenoxy) is 1. The van der Waals surface area contributed by atoms with Gasteiger partial charge in [0.1, 0.15) is 4.93 Å². The van der Waals surface area contributed by atoms with Crippen molar-refractivity contribution in [2.45, 2.75) is 38.2 Å². The summed E-state index contributed by atoms with van der Waals surface area (Å²) in [5, 5.41) is 0. The van der Waals surface area contributed by atoms with Crippen molar-refractivity contribution in [3.8, 4) is 0 Å². The highest BCUT2D eigenvalue weighted by atomic mass is 32.2. The molecule has 1 nitrogen and oxygen atoms in total. The highest BCUT2D eigenvalue weighted by molar-refractivity contribution is 8.00. The Bertz CT molecular complexity index is 101. The molecule has 1 aliphatic heterocycles. The lowest BCUT2D eigenvalue weighted by Gasteiger charge is -2.33. The van der Waals surface area contributed by atoms with Gasteiger partial charge < -0.3 is 4.74 Å². The first-order valence-corrected chi connectivity index (χ1v) is 4.40. The minimum Gasteiger partial charge on any atom is -0.362 e. The third-order valence-electron chi connectivity index (χ3n) is 1.46. The van der Waals surface area contributed by atoms with Crippen LogP contribution in [-0.2, 0) is 4.74 Å². The Morgan fingerprint density at radius 3 is 2.56 bits per heavy atom. The molecule has 0 amide bonds. The van der Waals surface area contributed by atoms with Gasteiger partial charge in [-0.1, -0.05) is 0 Å². The smallest absolute Gasteiger partial charge is 0.108 e. The predicted molar refractivity (Wildman–Crippen MR) is 41.7 cm³/mol. The SMILES string of the molecule is CC1CCSC(C)(C)O1. The summed E-state index contributed by atoms with van der Waals surface area (Å²) in [7, 11) is 0. The van der Waals surface area contributed by atoms with Crippen LogP contribution in [0.25, 0.3) is 0 Å². The zero-order chi connectivity index (χ0) is 6.91. The van der Waals surface area contributed by atoms with Crippen LogP contribution >= 0.6 is 11.8 Å². The molecule has 0 spiro atoms. The molecule has 1 fully saturated rings. The fourth-order valence-electron chi connectivity index (χ4n) is 1.05. The lowest BCUT2D eigenvalue weighted by Crippen LogP contribution is -2.31. The van der Waals surface area contributed by atoms with Crippen LogP contribution in [0.4, 0.5) is 0 Å². The topological polar surface area (TPSA) is 9.23 Å². The molecule has 1 rings (SSSR count). The van der Waals surface area contributed by atoms with E-state index in [0.29, 0.717) is 6.10 Å². The molecule has 54 valence electrons. The van der Waals surface area contributed by atoms with Gasteiger partial charge in [-0.25, -0.2) is 0 Å². The van der Waals surface area contributed by atoms with Crippen molar-refractivity contribution in [2.24, 2.45) is 0 Å². The maximum atomic E-state index is 5.64. The van der Waals surface area contributed by atoms with E-state index >= 15 is 0 Å². The van der Waals surface area contributed by atoms with E-state index < -0.39 is 0 Å². The van der Waals surface area contributed by atoms with Crippen molar-refractivity contribution >= 4 is 11.8 Å². The Morgan fingerprint density at radius 2 is 2.22 bits per heavy atom. The summed E-state index contributed by atoms with van der Waals surface area (Å²) in [6.45, 7) is 6.40. The Balaban J connectivity index is 2.41. The highest BCUT2D eigenvalue weighted by Gasteiger charge is 2.26. The van der Waals surface area contributed by atoms with Crippen LogP contribution in [-0.4, -0.2) is 16.8 Å². The third kappa shape index (κ3) is 2.18. The largest absolute Gasteiger partial charge is 0.362 e. The molecule has 1 unspecified atom stereocenters. The fourth-order valence-corrected chi connectivity index (χ4v) is 2.22. The minimum atomic E-state index is 0.0671. The van der Waals surface area contributed by atoms with Crippen molar-refractivity contribution < 1.29 is 4.74 Å². The molecule has 1 heterocycles. The van der Waals surface area contributed by atoms with Gasteiger partial charge in [0.05, 0.1) is 6.10 Å². The molecule has 9 heavy (non-hydrogen) atoms. The van der Waals surface area contributed by atoms with E-state index in [0.717, 1.165) is 0 Å². The van der Waals surface area contributed by atoms with Crippen LogP contribution in [0.1, 0.15) is 27.2 Å². The second-order valence-electron chi connectivity index (χ2n) is 2.97. The van der Waals surface area contributed by atoms with E-state index in [9.17, 15) is 0 Å². The molecule has 0 aliphatic carbocycles. The lowest BCUT2D eigenvalue weighted by atomic mass is 10.3. The zero-order valence-electron chi connectivity index (χ0n) is 6.31. The van der Waals surface area contributed by atoms with Gasteiger partial charge in [-0.05, 0) is 32.9 Å². The van der Waals surface area contributed by atoms with E-state index in [1.807, 2.05) is 11.8 Å². The molecule has 0 aromatic carbocycles. The van der Waals surface area contributed by atoms with Crippen LogP contribution in [0.15, 0.2) is 0 Å². The normalized spacial score (nSPS) is 34.3. The molecule has 0 bridgehead atoms. The third-order valence-corrected chi connectivity index (χ3v) is 2.69. The molecule has 0 saturated carbocycles. The quantitative estimate of drug-likeness (QED) is 0.518. The molecule has 0 aromatic rings. The van der Waals surface area contributed by atoms with E-state index in [1.54, 1.807) is 0 Å². The Labute approximate surface area is 61.2 Å². The molecular weight excluding hydrogens is 132 g/mol. The average molecular weight is 146 g/mol. The van der Waals surface area contributed by atoms with E-state index in [1.165, 1.54) is 12.2 Å². The van der Waals surface area contributed by atoms with Crippen LogP contribution < -0.4 is 0 Å². The van der Waals surface area contributed by atoms with Gasteiger partial charge in [-0.3, -0.25) is 0 Å². The standard InChI is InChI=1S/C7H14OS/c1-6-4-5-9-7(2,3)8-6/h6H,4-5H2,1-3H3. The second-order valence-corrected chi connectivity index (χ2v) is 4.65. The molecule has 2 heteroatoms. The summed E-state index contributed by atoms with van der Waals surface area (Å²) >= 11 is 1.90. The number of hydrogen-bond acceptors (Lipinski definition) is 2. The van der Waals surface area contributed by atoms with E-state index in [4.69, 9.17) is 4.74 Å². The van der Waals surface area contributed by atoms with Crippen LogP contribution in [0, 0.1) is 0 Å². The first-order valence-electron chi connectivity index (χ1n) is 3.42. The molecule has 1 saturated heterocycles. The van der Waals surface area contributed by atoms with Gasteiger partial charge in [0, 0.05) is 0 Å². The average Bonchev–Trinajstić information content (AvgIpc) is 1.60. The summed E-state index contributed by atoms with van der Waals surface area (Å²) in [5.74, 6) is 1.24. The van der Waals surface area contributed by atoms with E-state index in [2.05, 4.69) is 20.8 Å².